The smallest absolute Gasteiger partial charge is 0.326 e. The van der Waals surface area contributed by atoms with Gasteiger partial charge in [-0.1, -0.05) is 20.3 Å². The van der Waals surface area contributed by atoms with Crippen LogP contribution in [0.1, 0.15) is 27.2 Å². The normalized spacial score (nSPS) is 14.2. The Morgan fingerprint density at radius 3 is 2.29 bits per heavy atom. The molecule has 82 valence electrons. The highest BCUT2D eigenvalue weighted by molar-refractivity contribution is 5.82. The standard InChI is InChI=1S/C9H18N2O3/c1-4-6(3)7(8(12)13)11-9(14)10-5-2/h6-7H,4-5H2,1-3H3,(H,12,13)(H2,10,11,14). The molecule has 0 radical (unpaired) electrons. The zero-order chi connectivity index (χ0) is 11.1. The highest BCUT2D eigenvalue weighted by atomic mass is 16.4. The Balaban J connectivity index is 4.23. The van der Waals surface area contributed by atoms with Gasteiger partial charge in [-0.2, -0.15) is 0 Å². The lowest BCUT2D eigenvalue weighted by molar-refractivity contribution is -0.140. The van der Waals surface area contributed by atoms with E-state index in [9.17, 15) is 9.59 Å². The molecule has 0 aromatic heterocycles. The Morgan fingerprint density at radius 1 is 1.36 bits per heavy atom. The number of nitrogens with one attached hydrogen (secondary N) is 2. The van der Waals surface area contributed by atoms with Crippen molar-refractivity contribution in [1.29, 1.82) is 0 Å². The number of carboxylic acid groups (broad SMARTS) is 1. The van der Waals surface area contributed by atoms with E-state index >= 15 is 0 Å². The molecule has 2 amide bonds. The Bertz CT molecular complexity index is 206. The van der Waals surface area contributed by atoms with Crippen molar-refractivity contribution < 1.29 is 14.7 Å². The molecule has 0 aromatic rings. The van der Waals surface area contributed by atoms with Crippen LogP contribution in [0.4, 0.5) is 4.79 Å². The van der Waals surface area contributed by atoms with Crippen molar-refractivity contribution >= 4 is 12.0 Å². The summed E-state index contributed by atoms with van der Waals surface area (Å²) in [4.78, 5) is 21.9. The molecule has 2 atom stereocenters. The summed E-state index contributed by atoms with van der Waals surface area (Å²) in [7, 11) is 0. The highest BCUT2D eigenvalue weighted by Crippen LogP contribution is 2.07. The molecule has 0 saturated heterocycles. The van der Waals surface area contributed by atoms with Gasteiger partial charge in [0.25, 0.3) is 0 Å². The van der Waals surface area contributed by atoms with Gasteiger partial charge in [-0.15, -0.1) is 0 Å². The van der Waals surface area contributed by atoms with E-state index < -0.39 is 18.0 Å². The molecule has 0 aromatic carbocycles. The van der Waals surface area contributed by atoms with E-state index in [4.69, 9.17) is 5.11 Å². The van der Waals surface area contributed by atoms with Crippen LogP contribution in [0.15, 0.2) is 0 Å². The average Bonchev–Trinajstić information content (AvgIpc) is 2.13. The van der Waals surface area contributed by atoms with Gasteiger partial charge in [0.2, 0.25) is 0 Å². The zero-order valence-corrected chi connectivity index (χ0v) is 8.83. The van der Waals surface area contributed by atoms with Crippen molar-refractivity contribution in [2.45, 2.75) is 33.2 Å². The molecule has 0 spiro atoms. The molecule has 0 fully saturated rings. The van der Waals surface area contributed by atoms with Gasteiger partial charge in [0.15, 0.2) is 0 Å². The van der Waals surface area contributed by atoms with Crippen LogP contribution in [0.2, 0.25) is 0 Å². The minimum absolute atomic E-state index is 0.0740. The summed E-state index contributed by atoms with van der Waals surface area (Å²) in [5.41, 5.74) is 0. The lowest BCUT2D eigenvalue weighted by Crippen LogP contribution is -2.49. The van der Waals surface area contributed by atoms with Gasteiger partial charge >= 0.3 is 12.0 Å². The maximum atomic E-state index is 11.1. The summed E-state index contributed by atoms with van der Waals surface area (Å²) >= 11 is 0. The van der Waals surface area contributed by atoms with E-state index in [2.05, 4.69) is 10.6 Å². The van der Waals surface area contributed by atoms with E-state index in [0.717, 1.165) is 0 Å². The number of hydrogen-bond acceptors (Lipinski definition) is 2. The SMILES string of the molecule is CCNC(=O)NC(C(=O)O)C(C)CC. The molecular weight excluding hydrogens is 184 g/mol. The molecule has 0 aliphatic carbocycles. The predicted octanol–water partition coefficient (Wildman–Crippen LogP) is 0.805. The van der Waals surface area contributed by atoms with Crippen molar-refractivity contribution in [3.05, 3.63) is 0 Å². The van der Waals surface area contributed by atoms with Crippen LogP contribution < -0.4 is 10.6 Å². The second kappa shape index (κ2) is 6.23. The first-order chi connectivity index (χ1) is 6.52. The van der Waals surface area contributed by atoms with Crippen LogP contribution >= 0.6 is 0 Å². The van der Waals surface area contributed by atoms with Crippen LogP contribution in [-0.2, 0) is 4.79 Å². The second-order valence-corrected chi connectivity index (χ2v) is 3.21. The van der Waals surface area contributed by atoms with Crippen LogP contribution in [0.3, 0.4) is 0 Å². The van der Waals surface area contributed by atoms with E-state index in [1.807, 2.05) is 6.92 Å². The van der Waals surface area contributed by atoms with Crippen molar-refractivity contribution in [3.8, 4) is 0 Å². The summed E-state index contributed by atoms with van der Waals surface area (Å²) in [5, 5.41) is 13.8. The highest BCUT2D eigenvalue weighted by Gasteiger charge is 2.24. The lowest BCUT2D eigenvalue weighted by atomic mass is 9.99. The number of carbonyl (C=O) groups excluding carboxylic acids is 1. The van der Waals surface area contributed by atoms with E-state index in [-0.39, 0.29) is 5.92 Å². The molecule has 0 rings (SSSR count). The van der Waals surface area contributed by atoms with Gasteiger partial charge in [0.05, 0.1) is 0 Å². The molecule has 3 N–H and O–H groups in total. The van der Waals surface area contributed by atoms with Gasteiger partial charge in [0.1, 0.15) is 6.04 Å². The van der Waals surface area contributed by atoms with Gasteiger partial charge in [0, 0.05) is 6.54 Å². The minimum Gasteiger partial charge on any atom is -0.480 e. The van der Waals surface area contributed by atoms with Gasteiger partial charge in [-0.3, -0.25) is 0 Å². The quantitative estimate of drug-likeness (QED) is 0.617. The van der Waals surface area contributed by atoms with E-state index in [1.165, 1.54) is 0 Å². The van der Waals surface area contributed by atoms with E-state index in [1.54, 1.807) is 13.8 Å². The number of amides is 2. The maximum Gasteiger partial charge on any atom is 0.326 e. The Labute approximate surface area is 83.9 Å². The Kier molecular flexibility index (Phi) is 5.67. The lowest BCUT2D eigenvalue weighted by Gasteiger charge is -2.19. The number of urea groups is 1. The summed E-state index contributed by atoms with van der Waals surface area (Å²) in [6, 6.07) is -1.24. The van der Waals surface area contributed by atoms with Crippen molar-refractivity contribution in [2.24, 2.45) is 5.92 Å². The maximum absolute atomic E-state index is 11.1. The third-order valence-electron chi connectivity index (χ3n) is 2.10. The first-order valence-corrected chi connectivity index (χ1v) is 4.80. The molecular formula is C9H18N2O3. The average molecular weight is 202 g/mol. The minimum atomic E-state index is -0.995. The van der Waals surface area contributed by atoms with Gasteiger partial charge in [-0.25, -0.2) is 9.59 Å². The second-order valence-electron chi connectivity index (χ2n) is 3.21. The molecule has 2 unspecified atom stereocenters. The van der Waals surface area contributed by atoms with Crippen LogP contribution in [0, 0.1) is 5.92 Å². The predicted molar refractivity (Wildman–Crippen MR) is 53.1 cm³/mol. The fourth-order valence-corrected chi connectivity index (χ4v) is 1.04. The number of rotatable bonds is 5. The molecule has 5 nitrogen and oxygen atoms in total. The zero-order valence-electron chi connectivity index (χ0n) is 8.83. The summed E-state index contributed by atoms with van der Waals surface area (Å²) in [5.74, 6) is -1.07. The fraction of sp³-hybridized carbons (Fsp3) is 0.778. The molecule has 0 aliphatic rings. The Morgan fingerprint density at radius 2 is 1.93 bits per heavy atom. The van der Waals surface area contributed by atoms with Crippen molar-refractivity contribution in [3.63, 3.8) is 0 Å². The van der Waals surface area contributed by atoms with Crippen molar-refractivity contribution in [1.82, 2.24) is 10.6 Å². The topological polar surface area (TPSA) is 78.4 Å². The molecule has 5 heteroatoms. The monoisotopic (exact) mass is 202 g/mol. The molecule has 14 heavy (non-hydrogen) atoms. The van der Waals surface area contributed by atoms with Gasteiger partial charge < -0.3 is 15.7 Å². The fourth-order valence-electron chi connectivity index (χ4n) is 1.04. The molecule has 0 aliphatic heterocycles. The molecule has 0 bridgehead atoms. The number of carbonyl (C=O) groups is 2. The summed E-state index contributed by atoms with van der Waals surface area (Å²) < 4.78 is 0. The van der Waals surface area contributed by atoms with Gasteiger partial charge in [-0.05, 0) is 12.8 Å². The third-order valence-corrected chi connectivity index (χ3v) is 2.10. The largest absolute Gasteiger partial charge is 0.480 e. The Hall–Kier alpha value is -1.26. The number of aliphatic carboxylic acids is 1. The first-order valence-electron chi connectivity index (χ1n) is 4.80. The first kappa shape index (κ1) is 12.7. The van der Waals surface area contributed by atoms with Crippen LogP contribution in [0.25, 0.3) is 0 Å². The summed E-state index contributed by atoms with van der Waals surface area (Å²) in [6.45, 7) is 5.95. The van der Waals surface area contributed by atoms with E-state index in [0.29, 0.717) is 13.0 Å². The number of carboxylic acids is 1. The van der Waals surface area contributed by atoms with Crippen molar-refractivity contribution in [2.75, 3.05) is 6.54 Å². The molecule has 0 saturated carbocycles. The number of hydrogen-bond donors (Lipinski definition) is 3. The third kappa shape index (κ3) is 4.11. The molecule has 0 heterocycles. The van der Waals surface area contributed by atoms with Crippen LogP contribution in [0.5, 0.6) is 0 Å². The van der Waals surface area contributed by atoms with Crippen LogP contribution in [-0.4, -0.2) is 29.7 Å². The summed E-state index contributed by atoms with van der Waals surface area (Å²) in [6.07, 6.45) is 0.712.